The highest BCUT2D eigenvalue weighted by Gasteiger charge is 2.20. The van der Waals surface area contributed by atoms with Crippen LogP contribution in [0.25, 0.3) is 11.2 Å². The molecule has 2 heterocycles. The molecule has 0 saturated heterocycles. The van der Waals surface area contributed by atoms with Gasteiger partial charge in [-0.2, -0.15) is 0 Å². The SMILES string of the molecule is Cc1cc(C)c2[nH]c(C3CCCC3)nc2n1. The maximum absolute atomic E-state index is 4.65. The van der Waals surface area contributed by atoms with Gasteiger partial charge in [0.2, 0.25) is 0 Å². The molecule has 16 heavy (non-hydrogen) atoms. The van der Waals surface area contributed by atoms with Gasteiger partial charge < -0.3 is 4.98 Å². The first-order chi connectivity index (χ1) is 7.74. The van der Waals surface area contributed by atoms with E-state index in [2.05, 4.69) is 27.9 Å². The Hall–Kier alpha value is -1.38. The largest absolute Gasteiger partial charge is 0.340 e. The van der Waals surface area contributed by atoms with Gasteiger partial charge in [-0.15, -0.1) is 0 Å². The maximum Gasteiger partial charge on any atom is 0.178 e. The van der Waals surface area contributed by atoms with E-state index in [0.29, 0.717) is 5.92 Å². The van der Waals surface area contributed by atoms with Crippen LogP contribution >= 0.6 is 0 Å². The van der Waals surface area contributed by atoms with Gasteiger partial charge in [0.1, 0.15) is 5.82 Å². The molecule has 0 amide bonds. The number of pyridine rings is 1. The summed E-state index contributed by atoms with van der Waals surface area (Å²) in [5.41, 5.74) is 4.31. The Morgan fingerprint density at radius 3 is 2.69 bits per heavy atom. The summed E-state index contributed by atoms with van der Waals surface area (Å²) in [5.74, 6) is 1.78. The van der Waals surface area contributed by atoms with Crippen molar-refractivity contribution in [1.29, 1.82) is 0 Å². The number of aromatic nitrogens is 3. The van der Waals surface area contributed by atoms with Crippen molar-refractivity contribution in [3.8, 4) is 0 Å². The fourth-order valence-electron chi connectivity index (χ4n) is 2.72. The van der Waals surface area contributed by atoms with Crippen LogP contribution in [0.2, 0.25) is 0 Å². The van der Waals surface area contributed by atoms with Gasteiger partial charge >= 0.3 is 0 Å². The zero-order chi connectivity index (χ0) is 11.1. The van der Waals surface area contributed by atoms with Crippen LogP contribution in [0.3, 0.4) is 0 Å². The van der Waals surface area contributed by atoms with Crippen molar-refractivity contribution in [1.82, 2.24) is 15.0 Å². The Balaban J connectivity index is 2.11. The lowest BCUT2D eigenvalue weighted by Gasteiger charge is -2.02. The van der Waals surface area contributed by atoms with E-state index in [1.54, 1.807) is 0 Å². The summed E-state index contributed by atoms with van der Waals surface area (Å²) in [4.78, 5) is 12.6. The van der Waals surface area contributed by atoms with Crippen LogP contribution in [0.15, 0.2) is 6.07 Å². The summed E-state index contributed by atoms with van der Waals surface area (Å²) in [6.45, 7) is 4.14. The lowest BCUT2D eigenvalue weighted by Crippen LogP contribution is -1.94. The van der Waals surface area contributed by atoms with Gasteiger partial charge in [-0.25, -0.2) is 9.97 Å². The molecule has 3 heteroatoms. The molecular weight excluding hydrogens is 198 g/mol. The molecule has 1 N–H and O–H groups in total. The smallest absolute Gasteiger partial charge is 0.178 e. The Morgan fingerprint density at radius 1 is 1.19 bits per heavy atom. The molecule has 0 unspecified atom stereocenters. The molecule has 0 bridgehead atoms. The summed E-state index contributed by atoms with van der Waals surface area (Å²) in [7, 11) is 0. The monoisotopic (exact) mass is 215 g/mol. The average molecular weight is 215 g/mol. The average Bonchev–Trinajstić information content (AvgIpc) is 2.82. The third-order valence-corrected chi connectivity index (χ3v) is 3.55. The van der Waals surface area contributed by atoms with E-state index in [4.69, 9.17) is 0 Å². The van der Waals surface area contributed by atoms with E-state index in [1.807, 2.05) is 6.92 Å². The van der Waals surface area contributed by atoms with Crippen LogP contribution in [0.5, 0.6) is 0 Å². The van der Waals surface area contributed by atoms with Gasteiger partial charge in [0.15, 0.2) is 5.65 Å². The lowest BCUT2D eigenvalue weighted by molar-refractivity contribution is 0.681. The van der Waals surface area contributed by atoms with Gasteiger partial charge in [-0.05, 0) is 38.3 Å². The number of hydrogen-bond donors (Lipinski definition) is 1. The van der Waals surface area contributed by atoms with Gasteiger partial charge in [-0.3, -0.25) is 0 Å². The van der Waals surface area contributed by atoms with E-state index >= 15 is 0 Å². The molecule has 1 aliphatic rings. The van der Waals surface area contributed by atoms with Crippen molar-refractivity contribution < 1.29 is 0 Å². The van der Waals surface area contributed by atoms with Crippen molar-refractivity contribution in [2.24, 2.45) is 0 Å². The number of aromatic amines is 1. The van der Waals surface area contributed by atoms with Crippen LogP contribution in [0, 0.1) is 13.8 Å². The molecule has 2 aromatic rings. The molecule has 1 aliphatic carbocycles. The molecule has 0 aliphatic heterocycles. The number of aryl methyl sites for hydroxylation is 2. The molecule has 3 rings (SSSR count). The minimum absolute atomic E-state index is 0.633. The number of imidazole rings is 1. The standard InChI is InChI=1S/C13H17N3/c1-8-7-9(2)14-13-11(8)15-12(16-13)10-5-3-4-6-10/h7,10H,3-6H2,1-2H3,(H,14,15,16). The minimum atomic E-state index is 0.633. The zero-order valence-corrected chi connectivity index (χ0v) is 9.88. The van der Waals surface area contributed by atoms with E-state index in [1.165, 1.54) is 31.2 Å². The molecule has 1 saturated carbocycles. The molecule has 0 spiro atoms. The Labute approximate surface area is 95.3 Å². The molecule has 2 aromatic heterocycles. The molecule has 0 radical (unpaired) electrons. The Morgan fingerprint density at radius 2 is 1.94 bits per heavy atom. The van der Waals surface area contributed by atoms with Gasteiger partial charge in [0.25, 0.3) is 0 Å². The fourth-order valence-corrected chi connectivity index (χ4v) is 2.72. The van der Waals surface area contributed by atoms with E-state index in [-0.39, 0.29) is 0 Å². The molecular formula is C13H17N3. The highest BCUT2D eigenvalue weighted by atomic mass is 15.0. The summed E-state index contributed by atoms with van der Waals surface area (Å²) >= 11 is 0. The number of nitrogens with one attached hydrogen (secondary N) is 1. The van der Waals surface area contributed by atoms with Crippen LogP contribution in [0.4, 0.5) is 0 Å². The highest BCUT2D eigenvalue weighted by molar-refractivity contribution is 5.74. The molecule has 0 atom stereocenters. The number of rotatable bonds is 1. The summed E-state index contributed by atoms with van der Waals surface area (Å²) < 4.78 is 0. The number of H-pyrrole nitrogens is 1. The second kappa shape index (κ2) is 3.58. The molecule has 0 aromatic carbocycles. The van der Waals surface area contributed by atoms with Crippen molar-refractivity contribution in [2.45, 2.75) is 45.4 Å². The first-order valence-corrected chi connectivity index (χ1v) is 6.08. The van der Waals surface area contributed by atoms with Gasteiger partial charge in [0, 0.05) is 11.6 Å². The third kappa shape index (κ3) is 1.51. The normalized spacial score (nSPS) is 17.4. The lowest BCUT2D eigenvalue weighted by atomic mass is 10.1. The first-order valence-electron chi connectivity index (χ1n) is 6.08. The summed E-state index contributed by atoms with van der Waals surface area (Å²) in [6.07, 6.45) is 5.23. The minimum Gasteiger partial charge on any atom is -0.340 e. The topological polar surface area (TPSA) is 41.6 Å². The molecule has 3 nitrogen and oxygen atoms in total. The number of hydrogen-bond acceptors (Lipinski definition) is 2. The molecule has 1 fully saturated rings. The summed E-state index contributed by atoms with van der Waals surface area (Å²) in [6, 6.07) is 2.11. The number of nitrogens with zero attached hydrogens (tertiary/aromatic N) is 2. The predicted octanol–water partition coefficient (Wildman–Crippen LogP) is 3.23. The Bertz CT molecular complexity index is 521. The van der Waals surface area contributed by atoms with Crippen LogP contribution in [-0.4, -0.2) is 15.0 Å². The maximum atomic E-state index is 4.65. The number of fused-ring (bicyclic) bond motifs is 1. The van der Waals surface area contributed by atoms with Crippen molar-refractivity contribution in [3.05, 3.63) is 23.1 Å². The van der Waals surface area contributed by atoms with Crippen molar-refractivity contribution in [2.75, 3.05) is 0 Å². The predicted molar refractivity (Wildman–Crippen MR) is 64.6 cm³/mol. The van der Waals surface area contributed by atoms with Crippen LogP contribution < -0.4 is 0 Å². The molecule has 84 valence electrons. The van der Waals surface area contributed by atoms with Gasteiger partial charge in [0.05, 0.1) is 5.52 Å². The third-order valence-electron chi connectivity index (χ3n) is 3.55. The first kappa shape index (κ1) is 9.82. The fraction of sp³-hybridized carbons (Fsp3) is 0.538. The van der Waals surface area contributed by atoms with Crippen molar-refractivity contribution >= 4 is 11.2 Å². The van der Waals surface area contributed by atoms with Crippen LogP contribution in [0.1, 0.15) is 48.7 Å². The second-order valence-corrected chi connectivity index (χ2v) is 4.88. The quantitative estimate of drug-likeness (QED) is 0.793. The van der Waals surface area contributed by atoms with Crippen LogP contribution in [-0.2, 0) is 0 Å². The van der Waals surface area contributed by atoms with E-state index in [0.717, 1.165) is 22.7 Å². The zero-order valence-electron chi connectivity index (χ0n) is 9.88. The van der Waals surface area contributed by atoms with Crippen molar-refractivity contribution in [3.63, 3.8) is 0 Å². The van der Waals surface area contributed by atoms with Gasteiger partial charge in [-0.1, -0.05) is 12.8 Å². The Kier molecular flexibility index (Phi) is 2.20. The van der Waals surface area contributed by atoms with E-state index in [9.17, 15) is 0 Å². The van der Waals surface area contributed by atoms with E-state index < -0.39 is 0 Å². The highest BCUT2D eigenvalue weighted by Crippen LogP contribution is 2.33. The summed E-state index contributed by atoms with van der Waals surface area (Å²) in [5, 5.41) is 0. The second-order valence-electron chi connectivity index (χ2n) is 4.88.